The van der Waals surface area contributed by atoms with Gasteiger partial charge in [-0.15, -0.1) is 0 Å². The van der Waals surface area contributed by atoms with Crippen molar-refractivity contribution in [3.63, 3.8) is 0 Å². The van der Waals surface area contributed by atoms with Crippen LogP contribution in [0.25, 0.3) is 0 Å². The quantitative estimate of drug-likeness (QED) is 0.629. The Labute approximate surface area is 109 Å². The van der Waals surface area contributed by atoms with Gasteiger partial charge in [0.25, 0.3) is 0 Å². The second kappa shape index (κ2) is 7.92. The van der Waals surface area contributed by atoms with E-state index < -0.39 is 18.0 Å². The van der Waals surface area contributed by atoms with Gasteiger partial charge in [-0.25, -0.2) is 9.59 Å². The second-order valence-electron chi connectivity index (χ2n) is 4.87. The van der Waals surface area contributed by atoms with Crippen LogP contribution in [0.4, 0.5) is 4.79 Å². The summed E-state index contributed by atoms with van der Waals surface area (Å²) >= 11 is 0. The van der Waals surface area contributed by atoms with Crippen molar-refractivity contribution in [1.82, 2.24) is 15.5 Å². The number of carbonyl (C=O) groups excluding carboxylic acids is 1. The molecule has 0 rings (SSSR count). The lowest BCUT2D eigenvalue weighted by Gasteiger charge is -2.23. The van der Waals surface area contributed by atoms with Crippen LogP contribution >= 0.6 is 0 Å². The van der Waals surface area contributed by atoms with Crippen LogP contribution in [0.15, 0.2) is 0 Å². The van der Waals surface area contributed by atoms with Crippen LogP contribution in [-0.2, 0) is 4.79 Å². The van der Waals surface area contributed by atoms with E-state index in [2.05, 4.69) is 10.6 Å². The topological polar surface area (TPSA) is 81.7 Å². The van der Waals surface area contributed by atoms with Crippen LogP contribution in [0.1, 0.15) is 27.2 Å². The standard InChI is InChI=1S/C12H25N3O3/c1-6-8(2)10(11(16)17)14-12(18)13-7-9(3)15(4)5/h8-10H,6-7H2,1-5H3,(H,16,17)(H2,13,14,18). The highest BCUT2D eigenvalue weighted by Gasteiger charge is 2.25. The molecule has 3 N–H and O–H groups in total. The predicted molar refractivity (Wildman–Crippen MR) is 70.6 cm³/mol. The first kappa shape index (κ1) is 16.7. The molecule has 0 aromatic carbocycles. The maximum absolute atomic E-state index is 11.6. The highest BCUT2D eigenvalue weighted by Crippen LogP contribution is 2.07. The lowest BCUT2D eigenvalue weighted by Crippen LogP contribution is -2.51. The fourth-order valence-electron chi connectivity index (χ4n) is 1.30. The van der Waals surface area contributed by atoms with Crippen LogP contribution in [0.5, 0.6) is 0 Å². The average Bonchev–Trinajstić information content (AvgIpc) is 2.31. The number of hydrogen-bond donors (Lipinski definition) is 3. The molecule has 0 bridgehead atoms. The molecule has 3 unspecified atom stereocenters. The molecule has 0 heterocycles. The van der Waals surface area contributed by atoms with E-state index in [1.807, 2.05) is 39.8 Å². The first-order chi connectivity index (χ1) is 8.29. The van der Waals surface area contributed by atoms with Crippen molar-refractivity contribution < 1.29 is 14.7 Å². The zero-order valence-electron chi connectivity index (χ0n) is 11.9. The number of carboxylic acid groups (broad SMARTS) is 1. The first-order valence-electron chi connectivity index (χ1n) is 6.23. The summed E-state index contributed by atoms with van der Waals surface area (Å²) in [6, 6.07) is -1.08. The minimum atomic E-state index is -1.000. The summed E-state index contributed by atoms with van der Waals surface area (Å²) in [5.41, 5.74) is 0. The predicted octanol–water partition coefficient (Wildman–Crippen LogP) is 0.735. The molecule has 0 radical (unpaired) electrons. The van der Waals surface area contributed by atoms with Crippen molar-refractivity contribution in [1.29, 1.82) is 0 Å². The summed E-state index contributed by atoms with van der Waals surface area (Å²) in [4.78, 5) is 24.6. The van der Waals surface area contributed by atoms with Gasteiger partial charge in [0.15, 0.2) is 0 Å². The molecule has 0 aromatic rings. The molecule has 0 aliphatic heterocycles. The molecule has 0 aromatic heterocycles. The van der Waals surface area contributed by atoms with Gasteiger partial charge in [-0.3, -0.25) is 0 Å². The number of rotatable bonds is 7. The average molecular weight is 259 g/mol. The van der Waals surface area contributed by atoms with E-state index in [9.17, 15) is 9.59 Å². The van der Waals surface area contributed by atoms with Gasteiger partial charge in [0.2, 0.25) is 0 Å². The Hall–Kier alpha value is -1.30. The number of likely N-dealkylation sites (N-methyl/N-ethyl adjacent to an activating group) is 1. The van der Waals surface area contributed by atoms with Crippen molar-refractivity contribution in [2.24, 2.45) is 5.92 Å². The lowest BCUT2D eigenvalue weighted by atomic mass is 9.99. The van der Waals surface area contributed by atoms with E-state index in [4.69, 9.17) is 5.11 Å². The van der Waals surface area contributed by atoms with Crippen molar-refractivity contribution in [2.75, 3.05) is 20.6 Å². The number of carbonyl (C=O) groups is 2. The Morgan fingerprint density at radius 2 is 1.83 bits per heavy atom. The molecule has 0 spiro atoms. The first-order valence-corrected chi connectivity index (χ1v) is 6.23. The van der Waals surface area contributed by atoms with E-state index in [1.54, 1.807) is 0 Å². The number of amides is 2. The third kappa shape index (κ3) is 5.86. The molecule has 0 aliphatic carbocycles. The van der Waals surface area contributed by atoms with Gasteiger partial charge >= 0.3 is 12.0 Å². The van der Waals surface area contributed by atoms with Gasteiger partial charge in [0, 0.05) is 12.6 Å². The van der Waals surface area contributed by atoms with Crippen molar-refractivity contribution >= 4 is 12.0 Å². The van der Waals surface area contributed by atoms with Gasteiger partial charge in [0.1, 0.15) is 6.04 Å². The maximum Gasteiger partial charge on any atom is 0.326 e. The Morgan fingerprint density at radius 1 is 1.28 bits per heavy atom. The van der Waals surface area contributed by atoms with E-state index in [0.29, 0.717) is 13.0 Å². The van der Waals surface area contributed by atoms with Gasteiger partial charge in [0.05, 0.1) is 0 Å². The van der Waals surface area contributed by atoms with Gasteiger partial charge in [-0.05, 0) is 26.9 Å². The van der Waals surface area contributed by atoms with Crippen LogP contribution < -0.4 is 10.6 Å². The van der Waals surface area contributed by atoms with Gasteiger partial charge in [-0.1, -0.05) is 20.3 Å². The molecule has 2 amide bonds. The summed E-state index contributed by atoms with van der Waals surface area (Å²) in [5, 5.41) is 14.2. The molecule has 0 aliphatic rings. The molecule has 6 heteroatoms. The zero-order chi connectivity index (χ0) is 14.3. The monoisotopic (exact) mass is 259 g/mol. The largest absolute Gasteiger partial charge is 0.480 e. The van der Waals surface area contributed by atoms with Crippen LogP contribution in [0, 0.1) is 5.92 Å². The fraction of sp³-hybridized carbons (Fsp3) is 0.833. The summed E-state index contributed by atoms with van der Waals surface area (Å²) in [7, 11) is 3.84. The van der Waals surface area contributed by atoms with Gasteiger partial charge < -0.3 is 20.6 Å². The molecule has 6 nitrogen and oxygen atoms in total. The minimum Gasteiger partial charge on any atom is -0.480 e. The Morgan fingerprint density at radius 3 is 2.22 bits per heavy atom. The molecule has 0 saturated heterocycles. The summed E-state index contributed by atoms with van der Waals surface area (Å²) in [5.74, 6) is -1.10. The van der Waals surface area contributed by atoms with Gasteiger partial charge in [-0.2, -0.15) is 0 Å². The van der Waals surface area contributed by atoms with Crippen molar-refractivity contribution in [3.8, 4) is 0 Å². The van der Waals surface area contributed by atoms with E-state index in [1.165, 1.54) is 0 Å². The highest BCUT2D eigenvalue weighted by molar-refractivity contribution is 5.82. The number of urea groups is 1. The molecular weight excluding hydrogens is 234 g/mol. The number of nitrogens with one attached hydrogen (secondary N) is 2. The maximum atomic E-state index is 11.6. The molecule has 18 heavy (non-hydrogen) atoms. The summed E-state index contributed by atoms with van der Waals surface area (Å²) in [6.07, 6.45) is 0.700. The third-order valence-electron chi connectivity index (χ3n) is 3.21. The van der Waals surface area contributed by atoms with Crippen molar-refractivity contribution in [3.05, 3.63) is 0 Å². The summed E-state index contributed by atoms with van der Waals surface area (Å²) < 4.78 is 0. The third-order valence-corrected chi connectivity index (χ3v) is 3.21. The molecule has 0 fully saturated rings. The van der Waals surface area contributed by atoms with Crippen molar-refractivity contribution in [2.45, 2.75) is 39.3 Å². The smallest absolute Gasteiger partial charge is 0.326 e. The van der Waals surface area contributed by atoms with E-state index in [-0.39, 0.29) is 12.0 Å². The Bertz CT molecular complexity index is 282. The summed E-state index contributed by atoms with van der Waals surface area (Å²) in [6.45, 7) is 6.16. The molecule has 106 valence electrons. The number of hydrogen-bond acceptors (Lipinski definition) is 3. The van der Waals surface area contributed by atoms with E-state index >= 15 is 0 Å². The van der Waals surface area contributed by atoms with E-state index in [0.717, 1.165) is 0 Å². The Kier molecular flexibility index (Phi) is 7.35. The minimum absolute atomic E-state index is 0.0977. The second-order valence-corrected chi connectivity index (χ2v) is 4.87. The molecule has 3 atom stereocenters. The van der Waals surface area contributed by atoms with Crippen LogP contribution in [0.2, 0.25) is 0 Å². The number of carboxylic acids is 1. The SMILES string of the molecule is CCC(C)C(NC(=O)NCC(C)N(C)C)C(=O)O. The highest BCUT2D eigenvalue weighted by atomic mass is 16.4. The fourth-order valence-corrected chi connectivity index (χ4v) is 1.30. The number of nitrogens with zero attached hydrogens (tertiary/aromatic N) is 1. The normalized spacial score (nSPS) is 15.9. The van der Waals surface area contributed by atoms with Crippen LogP contribution in [0.3, 0.4) is 0 Å². The zero-order valence-corrected chi connectivity index (χ0v) is 11.9. The van der Waals surface area contributed by atoms with Crippen LogP contribution in [-0.4, -0.2) is 54.7 Å². The number of aliphatic carboxylic acids is 1. The Balaban J connectivity index is 4.23. The molecule has 0 saturated carbocycles. The molecular formula is C12H25N3O3. The lowest BCUT2D eigenvalue weighted by molar-refractivity contribution is -0.140.